The van der Waals surface area contributed by atoms with Crippen LogP contribution in [-0.4, -0.2) is 45.1 Å². The van der Waals surface area contributed by atoms with Crippen LogP contribution in [0, 0.1) is 0 Å². The summed E-state index contributed by atoms with van der Waals surface area (Å²) < 4.78 is 0. The van der Waals surface area contributed by atoms with Crippen LogP contribution in [-0.2, 0) is 0 Å². The van der Waals surface area contributed by atoms with Crippen LogP contribution in [0.1, 0.15) is 23.1 Å². The molecule has 1 aromatic heterocycles. The maximum Gasteiger partial charge on any atom is 0.284 e. The Bertz CT molecular complexity index is 381. The number of carbonyl (C=O) groups is 1. The van der Waals surface area contributed by atoms with E-state index in [1.807, 2.05) is 16.7 Å². The van der Waals surface area contributed by atoms with E-state index >= 15 is 0 Å². The maximum atomic E-state index is 12.0. The number of hydrogen-bond donors (Lipinski definition) is 1. The molecule has 1 fully saturated rings. The van der Waals surface area contributed by atoms with Crippen LogP contribution in [0.15, 0.2) is 0 Å². The topological polar surface area (TPSA) is 72.1 Å². The number of nitrogen functional groups attached to an aromatic ring is 1. The standard InChI is InChI=1S/C9H14N4OS2/c1-2-6-5-13(3-4-15-6)8(14)7-11-12-9(10)16-7/h6H,2-5H2,1H3,(H2,10,12). The van der Waals surface area contributed by atoms with Gasteiger partial charge in [0, 0.05) is 24.1 Å². The van der Waals surface area contributed by atoms with Crippen LogP contribution in [0.3, 0.4) is 0 Å². The van der Waals surface area contributed by atoms with E-state index in [4.69, 9.17) is 5.73 Å². The lowest BCUT2D eigenvalue weighted by Gasteiger charge is -2.31. The third-order valence-electron chi connectivity index (χ3n) is 2.50. The molecule has 0 saturated carbocycles. The van der Waals surface area contributed by atoms with Crippen molar-refractivity contribution in [2.75, 3.05) is 24.6 Å². The molecule has 1 unspecified atom stereocenters. The smallest absolute Gasteiger partial charge is 0.284 e. The monoisotopic (exact) mass is 258 g/mol. The number of aromatic nitrogens is 2. The van der Waals surface area contributed by atoms with Crippen LogP contribution in [0.4, 0.5) is 5.13 Å². The van der Waals surface area contributed by atoms with Crippen LogP contribution >= 0.6 is 23.1 Å². The lowest BCUT2D eigenvalue weighted by molar-refractivity contribution is 0.0759. The van der Waals surface area contributed by atoms with Gasteiger partial charge in [0.2, 0.25) is 10.1 Å². The van der Waals surface area contributed by atoms with Gasteiger partial charge in [0.05, 0.1) is 0 Å². The fourth-order valence-electron chi connectivity index (χ4n) is 1.61. The van der Waals surface area contributed by atoms with Gasteiger partial charge in [-0.1, -0.05) is 18.3 Å². The second-order valence-corrected chi connectivity index (χ2v) is 6.02. The lowest BCUT2D eigenvalue weighted by atomic mass is 10.3. The fourth-order valence-corrected chi connectivity index (χ4v) is 3.37. The van der Waals surface area contributed by atoms with E-state index in [-0.39, 0.29) is 5.91 Å². The summed E-state index contributed by atoms with van der Waals surface area (Å²) in [5, 5.41) is 8.75. The van der Waals surface area contributed by atoms with Crippen molar-refractivity contribution in [3.63, 3.8) is 0 Å². The second kappa shape index (κ2) is 5.01. The van der Waals surface area contributed by atoms with Gasteiger partial charge in [0.25, 0.3) is 5.91 Å². The molecule has 88 valence electrons. The van der Waals surface area contributed by atoms with E-state index in [2.05, 4.69) is 17.1 Å². The Hall–Kier alpha value is -0.820. The van der Waals surface area contributed by atoms with Gasteiger partial charge < -0.3 is 10.6 Å². The predicted octanol–water partition coefficient (Wildman–Crippen LogP) is 1.09. The van der Waals surface area contributed by atoms with E-state index in [0.717, 1.165) is 36.6 Å². The zero-order chi connectivity index (χ0) is 11.5. The van der Waals surface area contributed by atoms with Crippen molar-refractivity contribution in [2.45, 2.75) is 18.6 Å². The first-order valence-electron chi connectivity index (χ1n) is 5.20. The van der Waals surface area contributed by atoms with Crippen molar-refractivity contribution in [2.24, 2.45) is 0 Å². The summed E-state index contributed by atoms with van der Waals surface area (Å²) in [5.41, 5.74) is 5.47. The molecular weight excluding hydrogens is 244 g/mol. The number of nitrogens with two attached hydrogens (primary N) is 1. The minimum atomic E-state index is -0.0343. The predicted molar refractivity (Wildman–Crippen MR) is 66.8 cm³/mol. The lowest BCUT2D eigenvalue weighted by Crippen LogP contribution is -2.41. The highest BCUT2D eigenvalue weighted by molar-refractivity contribution is 8.00. The molecule has 16 heavy (non-hydrogen) atoms. The molecule has 1 aliphatic heterocycles. The molecule has 5 nitrogen and oxygen atoms in total. The first kappa shape index (κ1) is 11.7. The van der Waals surface area contributed by atoms with Crippen molar-refractivity contribution >= 4 is 34.1 Å². The zero-order valence-corrected chi connectivity index (χ0v) is 10.7. The minimum absolute atomic E-state index is 0.0343. The molecule has 0 bridgehead atoms. The van der Waals surface area contributed by atoms with Gasteiger partial charge in [0.1, 0.15) is 0 Å². The van der Waals surface area contributed by atoms with Gasteiger partial charge in [-0.3, -0.25) is 4.79 Å². The highest BCUT2D eigenvalue weighted by Crippen LogP contribution is 2.23. The molecule has 2 rings (SSSR count). The SMILES string of the molecule is CCC1CN(C(=O)c2nnc(N)s2)CCS1. The van der Waals surface area contributed by atoms with Gasteiger partial charge in [-0.25, -0.2) is 0 Å². The van der Waals surface area contributed by atoms with Crippen molar-refractivity contribution in [3.8, 4) is 0 Å². The summed E-state index contributed by atoms with van der Waals surface area (Å²) in [6, 6.07) is 0. The highest BCUT2D eigenvalue weighted by atomic mass is 32.2. The quantitative estimate of drug-likeness (QED) is 0.859. The minimum Gasteiger partial charge on any atom is -0.374 e. The van der Waals surface area contributed by atoms with E-state index in [1.54, 1.807) is 0 Å². The molecule has 0 radical (unpaired) electrons. The van der Waals surface area contributed by atoms with Gasteiger partial charge in [-0.15, -0.1) is 10.2 Å². The van der Waals surface area contributed by atoms with Crippen LogP contribution in [0.25, 0.3) is 0 Å². The molecule has 0 spiro atoms. The Morgan fingerprint density at radius 2 is 2.44 bits per heavy atom. The summed E-state index contributed by atoms with van der Waals surface area (Å²) in [5.74, 6) is 0.964. The number of carbonyl (C=O) groups excluding carboxylic acids is 1. The molecule has 0 aliphatic carbocycles. The van der Waals surface area contributed by atoms with Gasteiger partial charge in [-0.2, -0.15) is 11.8 Å². The summed E-state index contributed by atoms with van der Waals surface area (Å²) >= 11 is 3.09. The normalized spacial score (nSPS) is 21.1. The molecule has 2 N–H and O–H groups in total. The molecule has 0 aromatic carbocycles. The molecule has 1 amide bonds. The van der Waals surface area contributed by atoms with Crippen molar-refractivity contribution in [1.82, 2.24) is 15.1 Å². The first-order chi connectivity index (χ1) is 7.70. The Morgan fingerprint density at radius 1 is 1.62 bits per heavy atom. The number of rotatable bonds is 2. The summed E-state index contributed by atoms with van der Waals surface area (Å²) in [6.07, 6.45) is 1.09. The third-order valence-corrected chi connectivity index (χ3v) is 4.62. The van der Waals surface area contributed by atoms with E-state index in [9.17, 15) is 4.79 Å². The third kappa shape index (κ3) is 2.46. The summed E-state index contributed by atoms with van der Waals surface area (Å²) in [7, 11) is 0. The summed E-state index contributed by atoms with van der Waals surface area (Å²) in [6.45, 7) is 3.74. The molecule has 7 heteroatoms. The Balaban J connectivity index is 2.04. The number of anilines is 1. The van der Waals surface area contributed by atoms with E-state index in [1.165, 1.54) is 0 Å². The highest BCUT2D eigenvalue weighted by Gasteiger charge is 2.25. The molecule has 1 atom stereocenters. The number of thioether (sulfide) groups is 1. The van der Waals surface area contributed by atoms with E-state index in [0.29, 0.717) is 15.4 Å². The number of nitrogens with zero attached hydrogens (tertiary/aromatic N) is 3. The van der Waals surface area contributed by atoms with Crippen molar-refractivity contribution in [3.05, 3.63) is 5.01 Å². The van der Waals surface area contributed by atoms with Gasteiger partial charge in [0.15, 0.2) is 0 Å². The van der Waals surface area contributed by atoms with Crippen LogP contribution in [0.5, 0.6) is 0 Å². The van der Waals surface area contributed by atoms with Crippen molar-refractivity contribution < 1.29 is 4.79 Å². The maximum absolute atomic E-state index is 12.0. The molecule has 1 aromatic rings. The zero-order valence-electron chi connectivity index (χ0n) is 9.05. The van der Waals surface area contributed by atoms with Crippen molar-refractivity contribution in [1.29, 1.82) is 0 Å². The van der Waals surface area contributed by atoms with Gasteiger partial charge in [-0.05, 0) is 6.42 Å². The Kier molecular flexibility index (Phi) is 3.65. The fraction of sp³-hybridized carbons (Fsp3) is 0.667. The van der Waals surface area contributed by atoms with Gasteiger partial charge >= 0.3 is 0 Å². The van der Waals surface area contributed by atoms with Crippen LogP contribution < -0.4 is 5.73 Å². The average Bonchev–Trinajstić information content (AvgIpc) is 2.75. The summed E-state index contributed by atoms with van der Waals surface area (Å²) in [4.78, 5) is 13.9. The first-order valence-corrected chi connectivity index (χ1v) is 7.07. The second-order valence-electron chi connectivity index (χ2n) is 3.60. The molecular formula is C9H14N4OS2. The Labute approximate surface area is 102 Å². The Morgan fingerprint density at radius 3 is 3.06 bits per heavy atom. The molecule has 1 saturated heterocycles. The average molecular weight is 258 g/mol. The number of hydrogen-bond acceptors (Lipinski definition) is 6. The van der Waals surface area contributed by atoms with Crippen LogP contribution in [0.2, 0.25) is 0 Å². The molecule has 2 heterocycles. The number of amides is 1. The van der Waals surface area contributed by atoms with E-state index < -0.39 is 0 Å². The largest absolute Gasteiger partial charge is 0.374 e. The molecule has 1 aliphatic rings.